The van der Waals surface area contributed by atoms with Crippen molar-refractivity contribution in [2.45, 2.75) is 32.2 Å². The van der Waals surface area contributed by atoms with Crippen LogP contribution in [0.5, 0.6) is 0 Å². The third kappa shape index (κ3) is 3.61. The van der Waals surface area contributed by atoms with Crippen molar-refractivity contribution >= 4 is 11.5 Å². The Morgan fingerprint density at radius 2 is 1.67 bits per heavy atom. The highest BCUT2D eigenvalue weighted by atomic mass is 16.1. The van der Waals surface area contributed by atoms with E-state index in [1.165, 1.54) is 0 Å². The Hall–Kier alpha value is -3.75. The summed E-state index contributed by atoms with van der Waals surface area (Å²) in [5, 5.41) is 27.5. The van der Waals surface area contributed by atoms with Crippen molar-refractivity contribution < 1.29 is 4.79 Å². The third-order valence-electron chi connectivity index (χ3n) is 4.52. The first-order valence-electron chi connectivity index (χ1n) is 8.46. The Balaban J connectivity index is 2.01. The van der Waals surface area contributed by atoms with E-state index in [-0.39, 0.29) is 17.8 Å². The first-order chi connectivity index (χ1) is 12.9. The maximum atomic E-state index is 12.7. The van der Waals surface area contributed by atoms with E-state index in [0.29, 0.717) is 28.8 Å². The van der Waals surface area contributed by atoms with Gasteiger partial charge in [0.2, 0.25) is 0 Å². The van der Waals surface area contributed by atoms with Gasteiger partial charge in [0.15, 0.2) is 5.78 Å². The van der Waals surface area contributed by atoms with Crippen LogP contribution in [-0.4, -0.2) is 17.0 Å². The topological polar surface area (TPSA) is 101 Å². The summed E-state index contributed by atoms with van der Waals surface area (Å²) in [6, 6.07) is 16.0. The second kappa shape index (κ2) is 6.87. The maximum absolute atomic E-state index is 12.7. The van der Waals surface area contributed by atoms with E-state index < -0.39 is 5.54 Å². The fourth-order valence-corrected chi connectivity index (χ4v) is 3.30. The standard InChI is InChI=1S/C22H16N4O/c1-22(2)10-16-7-17(12-24)18(13-25)8-19(16)20(26-22)9-21(27)15-5-3-14(11-23)4-6-15/h3-8H,9-10H2,1-2H3. The molecule has 2 aromatic rings. The molecule has 5 heteroatoms. The molecule has 1 heterocycles. The first-order valence-corrected chi connectivity index (χ1v) is 8.46. The molecule has 0 unspecified atom stereocenters. The zero-order chi connectivity index (χ0) is 19.6. The fraction of sp³-hybridized carbons (Fsp3) is 0.227. The summed E-state index contributed by atoms with van der Waals surface area (Å²) in [7, 11) is 0. The normalized spacial score (nSPS) is 14.1. The quantitative estimate of drug-likeness (QED) is 0.786. The van der Waals surface area contributed by atoms with Crippen molar-refractivity contribution in [1.29, 1.82) is 15.8 Å². The molecule has 0 atom stereocenters. The van der Waals surface area contributed by atoms with E-state index in [1.54, 1.807) is 36.4 Å². The van der Waals surface area contributed by atoms with Gasteiger partial charge in [0.25, 0.3) is 0 Å². The van der Waals surface area contributed by atoms with Gasteiger partial charge < -0.3 is 0 Å². The Bertz CT molecular complexity index is 1090. The minimum atomic E-state index is -0.395. The van der Waals surface area contributed by atoms with Crippen LogP contribution in [0.2, 0.25) is 0 Å². The molecule has 1 aliphatic rings. The molecule has 0 saturated heterocycles. The lowest BCUT2D eigenvalue weighted by molar-refractivity contribution is 0.100. The molecule has 5 nitrogen and oxygen atoms in total. The predicted octanol–water partition coefficient (Wildman–Crippen LogP) is 3.70. The molecule has 0 spiro atoms. The summed E-state index contributed by atoms with van der Waals surface area (Å²) >= 11 is 0. The number of hydrogen-bond acceptors (Lipinski definition) is 5. The number of aliphatic imine (C=N–C) groups is 1. The highest BCUT2D eigenvalue weighted by Gasteiger charge is 2.29. The summed E-state index contributed by atoms with van der Waals surface area (Å²) in [4.78, 5) is 17.5. The van der Waals surface area contributed by atoms with Gasteiger partial charge in [-0.15, -0.1) is 0 Å². The summed E-state index contributed by atoms with van der Waals surface area (Å²) in [5.74, 6) is -0.107. The van der Waals surface area contributed by atoms with Crippen LogP contribution in [0.15, 0.2) is 41.4 Å². The molecule has 27 heavy (non-hydrogen) atoms. The van der Waals surface area contributed by atoms with Crippen molar-refractivity contribution in [2.75, 3.05) is 0 Å². The van der Waals surface area contributed by atoms with E-state index in [9.17, 15) is 15.3 Å². The molecule has 0 fully saturated rings. The molecule has 0 amide bonds. The lowest BCUT2D eigenvalue weighted by atomic mass is 9.83. The molecule has 0 aromatic heterocycles. The molecule has 2 aromatic carbocycles. The molecule has 0 bridgehead atoms. The van der Waals surface area contributed by atoms with Crippen LogP contribution >= 0.6 is 0 Å². The van der Waals surface area contributed by atoms with Crippen LogP contribution in [0.25, 0.3) is 0 Å². The van der Waals surface area contributed by atoms with E-state index in [2.05, 4.69) is 6.07 Å². The number of nitriles is 3. The van der Waals surface area contributed by atoms with Gasteiger partial charge in [-0.1, -0.05) is 12.1 Å². The van der Waals surface area contributed by atoms with Crippen molar-refractivity contribution in [3.63, 3.8) is 0 Å². The van der Waals surface area contributed by atoms with Gasteiger partial charge in [0.05, 0.1) is 40.4 Å². The van der Waals surface area contributed by atoms with Crippen LogP contribution in [0.4, 0.5) is 0 Å². The third-order valence-corrected chi connectivity index (χ3v) is 4.52. The van der Waals surface area contributed by atoms with Crippen LogP contribution < -0.4 is 0 Å². The number of rotatable bonds is 3. The fourth-order valence-electron chi connectivity index (χ4n) is 3.30. The Labute approximate surface area is 157 Å². The maximum Gasteiger partial charge on any atom is 0.168 e. The number of carbonyl (C=O) groups excluding carboxylic acids is 1. The van der Waals surface area contributed by atoms with Crippen molar-refractivity contribution in [3.8, 4) is 18.2 Å². The molecule has 0 aliphatic carbocycles. The average Bonchev–Trinajstić information content (AvgIpc) is 2.66. The van der Waals surface area contributed by atoms with E-state index in [0.717, 1.165) is 11.1 Å². The average molecular weight is 352 g/mol. The van der Waals surface area contributed by atoms with Crippen LogP contribution in [0, 0.1) is 34.0 Å². The molecule has 1 aliphatic heterocycles. The van der Waals surface area contributed by atoms with Crippen LogP contribution in [-0.2, 0) is 6.42 Å². The second-order valence-corrected chi connectivity index (χ2v) is 7.12. The van der Waals surface area contributed by atoms with Crippen molar-refractivity contribution in [1.82, 2.24) is 0 Å². The number of benzene rings is 2. The van der Waals surface area contributed by atoms with E-state index in [4.69, 9.17) is 10.3 Å². The van der Waals surface area contributed by atoms with E-state index >= 15 is 0 Å². The van der Waals surface area contributed by atoms with E-state index in [1.807, 2.05) is 26.0 Å². The highest BCUT2D eigenvalue weighted by molar-refractivity contribution is 6.17. The number of ketones is 1. The van der Waals surface area contributed by atoms with Gasteiger partial charge in [-0.25, -0.2) is 0 Å². The predicted molar refractivity (Wildman–Crippen MR) is 100 cm³/mol. The monoisotopic (exact) mass is 352 g/mol. The minimum absolute atomic E-state index is 0.0963. The number of fused-ring (bicyclic) bond motifs is 1. The first kappa shape index (κ1) is 18.1. The lowest BCUT2D eigenvalue weighted by Crippen LogP contribution is -2.30. The summed E-state index contributed by atoms with van der Waals surface area (Å²) in [6.07, 6.45) is 0.733. The molecule has 0 radical (unpaired) electrons. The molecular formula is C22H16N4O. The largest absolute Gasteiger partial charge is 0.294 e. The zero-order valence-electron chi connectivity index (χ0n) is 15.1. The number of hydrogen-bond donors (Lipinski definition) is 0. The zero-order valence-corrected chi connectivity index (χ0v) is 15.1. The molecular weight excluding hydrogens is 336 g/mol. The summed E-state index contributed by atoms with van der Waals surface area (Å²) in [6.45, 7) is 3.96. The van der Waals surface area contributed by atoms with Crippen LogP contribution in [0.1, 0.15) is 58.4 Å². The Morgan fingerprint density at radius 3 is 2.26 bits per heavy atom. The molecule has 130 valence electrons. The number of carbonyl (C=O) groups is 1. The number of nitrogens with zero attached hydrogens (tertiary/aromatic N) is 4. The highest BCUT2D eigenvalue weighted by Crippen LogP contribution is 2.30. The smallest absolute Gasteiger partial charge is 0.168 e. The van der Waals surface area contributed by atoms with Crippen LogP contribution in [0.3, 0.4) is 0 Å². The van der Waals surface area contributed by atoms with Gasteiger partial charge in [0.1, 0.15) is 12.1 Å². The van der Waals surface area contributed by atoms with Crippen molar-refractivity contribution in [3.05, 3.63) is 69.8 Å². The Kier molecular flexibility index (Phi) is 4.59. The summed E-state index contributed by atoms with van der Waals surface area (Å²) in [5.41, 5.74) is 3.54. The molecule has 3 rings (SSSR count). The van der Waals surface area contributed by atoms with Gasteiger partial charge in [-0.05, 0) is 50.1 Å². The molecule has 0 saturated carbocycles. The Morgan fingerprint density at radius 1 is 1.04 bits per heavy atom. The van der Waals surface area contributed by atoms with Gasteiger partial charge in [-0.2, -0.15) is 15.8 Å². The van der Waals surface area contributed by atoms with Gasteiger partial charge in [-0.3, -0.25) is 9.79 Å². The second-order valence-electron chi connectivity index (χ2n) is 7.12. The van der Waals surface area contributed by atoms with Gasteiger partial charge in [0, 0.05) is 11.1 Å². The molecule has 0 N–H and O–H groups in total. The SMILES string of the molecule is CC1(C)Cc2cc(C#N)c(C#N)cc2C(CC(=O)c2ccc(C#N)cc2)=N1. The minimum Gasteiger partial charge on any atom is -0.294 e. The van der Waals surface area contributed by atoms with Gasteiger partial charge >= 0.3 is 0 Å². The summed E-state index contributed by atoms with van der Waals surface area (Å²) < 4.78 is 0. The lowest BCUT2D eigenvalue weighted by Gasteiger charge is -2.29. The van der Waals surface area contributed by atoms with Crippen molar-refractivity contribution in [2.24, 2.45) is 4.99 Å². The number of Topliss-reactive ketones (excluding diaryl/α,β-unsaturated/α-hetero) is 1.